The summed E-state index contributed by atoms with van der Waals surface area (Å²) in [6.45, 7) is -0.547. The van der Waals surface area contributed by atoms with Crippen LogP contribution in [0.4, 0.5) is 5.69 Å². The first-order valence-electron chi connectivity index (χ1n) is 4.00. The summed E-state index contributed by atoms with van der Waals surface area (Å²) in [7, 11) is 0. The van der Waals surface area contributed by atoms with E-state index in [9.17, 15) is 9.00 Å². The molecule has 0 aliphatic heterocycles. The highest BCUT2D eigenvalue weighted by Gasteiger charge is 2.08. The Kier molecular flexibility index (Phi) is 4.53. The van der Waals surface area contributed by atoms with E-state index in [-0.39, 0.29) is 11.4 Å². The van der Waals surface area contributed by atoms with Gasteiger partial charge >= 0.3 is 5.97 Å². The van der Waals surface area contributed by atoms with Crippen LogP contribution in [-0.2, 0) is 16.1 Å². The lowest BCUT2D eigenvalue weighted by molar-refractivity contribution is -0.139. The van der Waals surface area contributed by atoms with E-state index in [1.807, 2.05) is 0 Å². The first-order chi connectivity index (χ1) is 7.49. The lowest BCUT2D eigenvalue weighted by atomic mass is 10.3. The first kappa shape index (κ1) is 12.8. The zero-order valence-electron chi connectivity index (χ0n) is 7.84. The van der Waals surface area contributed by atoms with Crippen molar-refractivity contribution >= 4 is 34.5 Å². The van der Waals surface area contributed by atoms with Crippen molar-refractivity contribution in [3.8, 4) is 5.75 Å². The van der Waals surface area contributed by atoms with Crippen LogP contribution in [0.15, 0.2) is 18.2 Å². The molecule has 1 aromatic rings. The summed E-state index contributed by atoms with van der Waals surface area (Å²) in [6.07, 6.45) is 0. The summed E-state index contributed by atoms with van der Waals surface area (Å²) in [5.41, 5.74) is 0.148. The molecule has 0 saturated carbocycles. The highest BCUT2D eigenvalue weighted by atomic mass is 35.5. The Hall–Kier alpha value is -1.31. The van der Waals surface area contributed by atoms with Crippen LogP contribution in [0.3, 0.4) is 0 Å². The number of carboxylic acid groups (broad SMARTS) is 1. The molecule has 16 heavy (non-hydrogen) atoms. The molecule has 1 atom stereocenters. The zero-order chi connectivity index (χ0) is 12.1. The molecule has 0 aliphatic rings. The van der Waals surface area contributed by atoms with Crippen LogP contribution in [0, 0.1) is 0 Å². The summed E-state index contributed by atoms with van der Waals surface area (Å²) in [6, 6.07) is 4.23. The molecule has 1 aromatic carbocycles. The van der Waals surface area contributed by atoms with Gasteiger partial charge < -0.3 is 9.84 Å². The summed E-state index contributed by atoms with van der Waals surface area (Å²) >= 11 is 3.39. The Morgan fingerprint density at radius 3 is 2.81 bits per heavy atom. The summed E-state index contributed by atoms with van der Waals surface area (Å²) in [4.78, 5) is 10.3. The number of anilines is 1. The van der Waals surface area contributed by atoms with Gasteiger partial charge in [0.25, 0.3) is 11.3 Å². The number of nitrogens with one attached hydrogen (secondary N) is 1. The van der Waals surface area contributed by atoms with Gasteiger partial charge in [0.1, 0.15) is 5.75 Å². The zero-order valence-corrected chi connectivity index (χ0v) is 9.42. The fraction of sp³-hybridized carbons (Fsp3) is 0.125. The van der Waals surface area contributed by atoms with Crippen LogP contribution in [0.1, 0.15) is 0 Å². The van der Waals surface area contributed by atoms with E-state index in [1.165, 1.54) is 18.2 Å². The lowest BCUT2D eigenvalue weighted by Gasteiger charge is -2.09. The molecule has 88 valence electrons. The van der Waals surface area contributed by atoms with Gasteiger partial charge in [-0.2, -0.15) is 0 Å². The van der Waals surface area contributed by atoms with Crippen molar-refractivity contribution in [3.05, 3.63) is 23.2 Å². The van der Waals surface area contributed by atoms with Gasteiger partial charge in [0.05, 0.1) is 5.69 Å². The van der Waals surface area contributed by atoms with E-state index in [1.54, 1.807) is 0 Å². The minimum absolute atomic E-state index is 0.134. The summed E-state index contributed by atoms with van der Waals surface area (Å²) in [5, 5.41) is 8.75. The topological polar surface area (TPSA) is 95.9 Å². The Labute approximate surface area is 98.6 Å². The van der Waals surface area contributed by atoms with Crippen molar-refractivity contribution in [3.63, 3.8) is 0 Å². The van der Waals surface area contributed by atoms with E-state index in [0.717, 1.165) is 0 Å². The maximum Gasteiger partial charge on any atom is 0.341 e. The van der Waals surface area contributed by atoms with Gasteiger partial charge in [-0.3, -0.25) is 9.27 Å². The van der Waals surface area contributed by atoms with E-state index in [2.05, 4.69) is 4.72 Å². The molecule has 0 heterocycles. The average Bonchev–Trinajstić information content (AvgIpc) is 2.15. The SMILES string of the molecule is O=C(O)COc1ccc(Cl)cc1NS(=O)O. The fourth-order valence-electron chi connectivity index (χ4n) is 0.941. The predicted molar refractivity (Wildman–Crippen MR) is 59.0 cm³/mol. The van der Waals surface area contributed by atoms with Gasteiger partial charge in [0, 0.05) is 5.02 Å². The van der Waals surface area contributed by atoms with Crippen LogP contribution in [0.5, 0.6) is 5.75 Å². The van der Waals surface area contributed by atoms with Crippen molar-refractivity contribution in [1.82, 2.24) is 0 Å². The third-order valence-corrected chi connectivity index (χ3v) is 2.12. The summed E-state index contributed by atoms with van der Waals surface area (Å²) in [5.74, 6) is -1.01. The normalized spacial score (nSPS) is 11.9. The molecular formula is C8H8ClNO5S. The molecule has 0 saturated heterocycles. The molecular weight excluding hydrogens is 258 g/mol. The van der Waals surface area contributed by atoms with E-state index < -0.39 is 23.8 Å². The van der Waals surface area contributed by atoms with E-state index in [4.69, 9.17) is 26.0 Å². The van der Waals surface area contributed by atoms with Gasteiger partial charge in [-0.25, -0.2) is 9.00 Å². The predicted octanol–water partition coefficient (Wildman–Crippen LogP) is 1.35. The number of carboxylic acids is 1. The number of hydrogen-bond donors (Lipinski definition) is 3. The number of benzene rings is 1. The van der Waals surface area contributed by atoms with E-state index in [0.29, 0.717) is 5.02 Å². The van der Waals surface area contributed by atoms with E-state index >= 15 is 0 Å². The monoisotopic (exact) mass is 265 g/mol. The van der Waals surface area contributed by atoms with Crippen LogP contribution < -0.4 is 9.46 Å². The molecule has 6 nitrogen and oxygen atoms in total. The van der Waals surface area contributed by atoms with Crippen molar-refractivity contribution in [2.45, 2.75) is 0 Å². The number of aliphatic carboxylic acids is 1. The largest absolute Gasteiger partial charge is 0.480 e. The molecule has 0 aliphatic carbocycles. The molecule has 1 unspecified atom stereocenters. The van der Waals surface area contributed by atoms with Crippen LogP contribution in [-0.4, -0.2) is 26.4 Å². The van der Waals surface area contributed by atoms with Crippen molar-refractivity contribution < 1.29 is 23.4 Å². The second-order valence-corrected chi connectivity index (χ2v) is 3.81. The Balaban J connectivity index is 2.88. The second kappa shape index (κ2) is 5.69. The third-order valence-electron chi connectivity index (χ3n) is 1.49. The highest BCUT2D eigenvalue weighted by Crippen LogP contribution is 2.28. The minimum Gasteiger partial charge on any atom is -0.480 e. The standard InChI is InChI=1S/C8H8ClNO5S/c9-5-1-2-7(15-4-8(11)12)6(3-5)10-16(13)14/h1-3,10H,4H2,(H,11,12)(H,13,14). The van der Waals surface area contributed by atoms with Gasteiger partial charge in [-0.1, -0.05) is 11.6 Å². The molecule has 3 N–H and O–H groups in total. The maximum absolute atomic E-state index is 10.6. The molecule has 0 fully saturated rings. The van der Waals surface area contributed by atoms with Gasteiger partial charge in [0.2, 0.25) is 0 Å². The Morgan fingerprint density at radius 2 is 2.25 bits per heavy atom. The summed E-state index contributed by atoms with van der Waals surface area (Å²) < 4.78 is 26.3. The van der Waals surface area contributed by atoms with Crippen LogP contribution in [0.2, 0.25) is 5.02 Å². The minimum atomic E-state index is -2.29. The molecule has 1 rings (SSSR count). The van der Waals surface area contributed by atoms with Crippen LogP contribution in [0.25, 0.3) is 0 Å². The molecule has 0 aromatic heterocycles. The molecule has 0 spiro atoms. The highest BCUT2D eigenvalue weighted by molar-refractivity contribution is 7.80. The van der Waals surface area contributed by atoms with Crippen molar-refractivity contribution in [2.24, 2.45) is 0 Å². The smallest absolute Gasteiger partial charge is 0.341 e. The average molecular weight is 266 g/mol. The second-order valence-electron chi connectivity index (χ2n) is 2.67. The molecule has 8 heteroatoms. The first-order valence-corrected chi connectivity index (χ1v) is 5.49. The number of halogens is 1. The Bertz CT molecular complexity index is 425. The quantitative estimate of drug-likeness (QED) is 0.699. The molecule has 0 radical (unpaired) electrons. The number of carbonyl (C=O) groups is 1. The Morgan fingerprint density at radius 1 is 1.56 bits per heavy atom. The van der Waals surface area contributed by atoms with Crippen molar-refractivity contribution in [2.75, 3.05) is 11.3 Å². The van der Waals surface area contributed by atoms with Gasteiger partial charge in [-0.05, 0) is 18.2 Å². The lowest BCUT2D eigenvalue weighted by Crippen LogP contribution is -2.11. The number of rotatable bonds is 5. The van der Waals surface area contributed by atoms with Crippen molar-refractivity contribution in [1.29, 1.82) is 0 Å². The number of ether oxygens (including phenoxy) is 1. The molecule has 0 bridgehead atoms. The van der Waals surface area contributed by atoms with Gasteiger partial charge in [0.15, 0.2) is 6.61 Å². The molecule has 0 amide bonds. The third kappa shape index (κ3) is 4.05. The van der Waals surface area contributed by atoms with Crippen LogP contribution >= 0.6 is 11.6 Å². The number of hydrogen-bond acceptors (Lipinski definition) is 3. The van der Waals surface area contributed by atoms with Gasteiger partial charge in [-0.15, -0.1) is 0 Å². The maximum atomic E-state index is 10.6. The fourth-order valence-corrected chi connectivity index (χ4v) is 1.46.